The molecule has 0 atom stereocenters. The van der Waals surface area contributed by atoms with Gasteiger partial charge in [0.15, 0.2) is 0 Å². The molecular formula is C20H26N4O4. The molecule has 0 aromatic carbocycles. The fourth-order valence-corrected chi connectivity index (χ4v) is 3.25. The molecule has 0 spiro atoms. The number of aryl methyl sites for hydroxylation is 2. The summed E-state index contributed by atoms with van der Waals surface area (Å²) >= 11 is 0. The van der Waals surface area contributed by atoms with Gasteiger partial charge in [0.1, 0.15) is 18.4 Å². The molecule has 0 bridgehead atoms. The molecule has 0 radical (unpaired) electrons. The van der Waals surface area contributed by atoms with Crippen molar-refractivity contribution in [2.45, 2.75) is 46.3 Å². The molecule has 2 aromatic rings. The minimum atomic E-state index is -0.180. The van der Waals surface area contributed by atoms with E-state index in [1.807, 2.05) is 13.0 Å². The molecule has 28 heavy (non-hydrogen) atoms. The molecule has 1 aliphatic heterocycles. The fourth-order valence-electron chi connectivity index (χ4n) is 3.25. The molecule has 1 amide bonds. The largest absolute Gasteiger partial charge is 0.490 e. The second-order valence-electron chi connectivity index (χ2n) is 7.32. The van der Waals surface area contributed by atoms with Gasteiger partial charge in [-0.05, 0) is 26.8 Å². The Labute approximate surface area is 163 Å². The number of hydrogen-bond acceptors (Lipinski definition) is 5. The first-order chi connectivity index (χ1) is 13.3. The summed E-state index contributed by atoms with van der Waals surface area (Å²) in [6.45, 7) is 6.46. The van der Waals surface area contributed by atoms with Crippen LogP contribution >= 0.6 is 0 Å². The van der Waals surface area contributed by atoms with Crippen LogP contribution in [-0.2, 0) is 18.4 Å². The first-order valence-electron chi connectivity index (χ1n) is 9.41. The molecule has 8 heteroatoms. The Morgan fingerprint density at radius 2 is 1.86 bits per heavy atom. The third kappa shape index (κ3) is 4.16. The summed E-state index contributed by atoms with van der Waals surface area (Å²) in [5, 5.41) is 0. The minimum Gasteiger partial charge on any atom is -0.490 e. The molecule has 2 aromatic heterocycles. The van der Waals surface area contributed by atoms with Crippen molar-refractivity contribution in [3.63, 3.8) is 0 Å². The predicted octanol–water partition coefficient (Wildman–Crippen LogP) is 0.937. The van der Waals surface area contributed by atoms with Gasteiger partial charge in [-0.2, -0.15) is 0 Å². The number of rotatable bonds is 4. The Morgan fingerprint density at radius 1 is 1.18 bits per heavy atom. The molecule has 1 saturated heterocycles. The van der Waals surface area contributed by atoms with Crippen molar-refractivity contribution in [1.29, 1.82) is 0 Å². The SMILES string of the molecule is Cc1ncn(CC(=O)N2CCC(Oc3cc(C)n(C)c(=O)c3)CC2)c(=O)c1C. The van der Waals surface area contributed by atoms with Crippen LogP contribution in [0.4, 0.5) is 0 Å². The van der Waals surface area contributed by atoms with Crippen LogP contribution in [0.15, 0.2) is 28.0 Å². The summed E-state index contributed by atoms with van der Waals surface area (Å²) in [5.41, 5.74) is 1.79. The van der Waals surface area contributed by atoms with E-state index >= 15 is 0 Å². The average Bonchev–Trinajstić information content (AvgIpc) is 2.67. The van der Waals surface area contributed by atoms with E-state index in [0.717, 1.165) is 5.69 Å². The van der Waals surface area contributed by atoms with Crippen LogP contribution in [-0.4, -0.2) is 44.1 Å². The number of ether oxygens (including phenoxy) is 1. The maximum atomic E-state index is 12.6. The number of carbonyl (C=O) groups is 1. The summed E-state index contributed by atoms with van der Waals surface area (Å²) in [6, 6.07) is 3.34. The third-order valence-corrected chi connectivity index (χ3v) is 5.39. The maximum Gasteiger partial charge on any atom is 0.256 e. The van der Waals surface area contributed by atoms with Gasteiger partial charge in [0, 0.05) is 56.0 Å². The zero-order chi connectivity index (χ0) is 20.4. The summed E-state index contributed by atoms with van der Waals surface area (Å²) in [6.07, 6.45) is 2.75. The van der Waals surface area contributed by atoms with Crippen LogP contribution in [0.3, 0.4) is 0 Å². The Hall–Kier alpha value is -2.90. The Kier molecular flexibility index (Phi) is 5.67. The highest BCUT2D eigenvalue weighted by molar-refractivity contribution is 5.76. The smallest absolute Gasteiger partial charge is 0.256 e. The lowest BCUT2D eigenvalue weighted by molar-refractivity contribution is -0.133. The lowest BCUT2D eigenvalue weighted by atomic mass is 10.1. The van der Waals surface area contributed by atoms with Crippen LogP contribution in [0.2, 0.25) is 0 Å². The standard InChI is InChI=1S/C20H26N4O4/c1-13-9-17(10-18(25)22(13)4)28-16-5-7-23(8-6-16)19(26)11-24-12-21-15(3)14(2)20(24)27/h9-10,12,16H,5-8,11H2,1-4H3. The highest BCUT2D eigenvalue weighted by atomic mass is 16.5. The van der Waals surface area contributed by atoms with Crippen LogP contribution in [0.25, 0.3) is 0 Å². The summed E-state index contributed by atoms with van der Waals surface area (Å²) < 4.78 is 8.87. The topological polar surface area (TPSA) is 86.4 Å². The lowest BCUT2D eigenvalue weighted by Crippen LogP contribution is -2.44. The Balaban J connectivity index is 1.58. The number of carbonyl (C=O) groups excluding carboxylic acids is 1. The number of likely N-dealkylation sites (tertiary alicyclic amines) is 1. The normalized spacial score (nSPS) is 14.9. The first kappa shape index (κ1) is 19.9. The van der Waals surface area contributed by atoms with Crippen molar-refractivity contribution < 1.29 is 9.53 Å². The molecule has 8 nitrogen and oxygen atoms in total. The van der Waals surface area contributed by atoms with Crippen molar-refractivity contribution >= 4 is 5.91 Å². The van der Waals surface area contributed by atoms with Gasteiger partial charge >= 0.3 is 0 Å². The molecule has 1 fully saturated rings. The van der Waals surface area contributed by atoms with Crippen molar-refractivity contribution in [2.75, 3.05) is 13.1 Å². The second-order valence-corrected chi connectivity index (χ2v) is 7.32. The van der Waals surface area contributed by atoms with Gasteiger partial charge in [-0.1, -0.05) is 0 Å². The molecule has 150 valence electrons. The zero-order valence-electron chi connectivity index (χ0n) is 16.8. The van der Waals surface area contributed by atoms with Crippen molar-refractivity contribution in [1.82, 2.24) is 19.0 Å². The fraction of sp³-hybridized carbons (Fsp3) is 0.500. The lowest BCUT2D eigenvalue weighted by Gasteiger charge is -2.32. The Bertz CT molecular complexity index is 1000. The van der Waals surface area contributed by atoms with Gasteiger partial charge in [-0.25, -0.2) is 4.98 Å². The molecule has 0 unspecified atom stereocenters. The van der Waals surface area contributed by atoms with E-state index in [0.29, 0.717) is 42.9 Å². The van der Waals surface area contributed by atoms with Gasteiger partial charge in [0.2, 0.25) is 5.91 Å². The quantitative estimate of drug-likeness (QED) is 0.781. The van der Waals surface area contributed by atoms with Gasteiger partial charge in [-0.3, -0.25) is 19.0 Å². The zero-order valence-corrected chi connectivity index (χ0v) is 16.8. The first-order valence-corrected chi connectivity index (χ1v) is 9.41. The van der Waals surface area contributed by atoms with E-state index in [1.54, 1.807) is 30.4 Å². The number of nitrogens with zero attached hydrogens (tertiary/aromatic N) is 4. The highest BCUT2D eigenvalue weighted by Crippen LogP contribution is 2.19. The van der Waals surface area contributed by atoms with Gasteiger partial charge in [0.05, 0.1) is 6.33 Å². The van der Waals surface area contributed by atoms with Crippen molar-refractivity contribution in [3.05, 3.63) is 56.1 Å². The minimum absolute atomic E-state index is 0.00754. The van der Waals surface area contributed by atoms with Crippen molar-refractivity contribution in [2.24, 2.45) is 7.05 Å². The molecule has 3 heterocycles. The molecule has 0 aliphatic carbocycles. The summed E-state index contributed by atoms with van der Waals surface area (Å²) in [4.78, 5) is 42.6. The van der Waals surface area contributed by atoms with Crippen LogP contribution < -0.4 is 15.9 Å². The van der Waals surface area contributed by atoms with E-state index in [9.17, 15) is 14.4 Å². The number of amides is 1. The summed E-state index contributed by atoms with van der Waals surface area (Å²) in [5.74, 6) is 0.466. The molecular weight excluding hydrogens is 360 g/mol. The maximum absolute atomic E-state index is 12.6. The van der Waals surface area contributed by atoms with Crippen LogP contribution in [0, 0.1) is 20.8 Å². The average molecular weight is 386 g/mol. The number of aromatic nitrogens is 3. The van der Waals surface area contributed by atoms with Crippen LogP contribution in [0.1, 0.15) is 29.8 Å². The van der Waals surface area contributed by atoms with Gasteiger partial charge in [-0.15, -0.1) is 0 Å². The van der Waals surface area contributed by atoms with E-state index in [1.165, 1.54) is 17.0 Å². The Morgan fingerprint density at radius 3 is 2.50 bits per heavy atom. The molecule has 1 aliphatic rings. The highest BCUT2D eigenvalue weighted by Gasteiger charge is 2.24. The monoisotopic (exact) mass is 386 g/mol. The van der Waals surface area contributed by atoms with Gasteiger partial charge < -0.3 is 14.2 Å². The van der Waals surface area contributed by atoms with E-state index < -0.39 is 0 Å². The van der Waals surface area contributed by atoms with E-state index in [4.69, 9.17) is 4.74 Å². The second kappa shape index (κ2) is 8.00. The predicted molar refractivity (Wildman–Crippen MR) is 105 cm³/mol. The molecule has 0 saturated carbocycles. The molecule has 0 N–H and O–H groups in total. The van der Waals surface area contributed by atoms with Crippen molar-refractivity contribution in [3.8, 4) is 5.75 Å². The molecule has 3 rings (SSSR count). The number of pyridine rings is 1. The number of hydrogen-bond donors (Lipinski definition) is 0. The van der Waals surface area contributed by atoms with Gasteiger partial charge in [0.25, 0.3) is 11.1 Å². The number of piperidine rings is 1. The third-order valence-electron chi connectivity index (χ3n) is 5.39. The summed E-state index contributed by atoms with van der Waals surface area (Å²) in [7, 11) is 1.72. The van der Waals surface area contributed by atoms with E-state index in [2.05, 4.69) is 4.98 Å². The van der Waals surface area contributed by atoms with Crippen LogP contribution in [0.5, 0.6) is 5.75 Å². The van der Waals surface area contributed by atoms with E-state index in [-0.39, 0.29) is 29.7 Å².